The molecule has 0 aromatic carbocycles. The van der Waals surface area contributed by atoms with Crippen LogP contribution in [0.1, 0.15) is 66.2 Å². The molecular weight excluding hydrogens is 252 g/mol. The molecular formula is C13H27BrO. The summed E-state index contributed by atoms with van der Waals surface area (Å²) in [5.41, 5.74) is 0. The van der Waals surface area contributed by atoms with Crippen LogP contribution in [0.5, 0.6) is 0 Å². The molecule has 15 heavy (non-hydrogen) atoms. The Balaban J connectivity index is 3.89. The average molecular weight is 279 g/mol. The molecule has 0 aliphatic carbocycles. The quantitative estimate of drug-likeness (QED) is 0.420. The summed E-state index contributed by atoms with van der Waals surface area (Å²) in [6.07, 6.45) is 7.11. The van der Waals surface area contributed by atoms with E-state index in [-0.39, 0.29) is 4.51 Å². The Kier molecular flexibility index (Phi) is 8.83. The van der Waals surface area contributed by atoms with E-state index < -0.39 is 0 Å². The highest BCUT2D eigenvalue weighted by Gasteiger charge is 2.27. The lowest BCUT2D eigenvalue weighted by molar-refractivity contribution is 0.00899. The molecule has 0 saturated carbocycles. The zero-order valence-corrected chi connectivity index (χ0v) is 12.4. The van der Waals surface area contributed by atoms with Gasteiger partial charge in [-0.05, 0) is 25.2 Å². The van der Waals surface area contributed by atoms with Crippen molar-refractivity contribution in [2.45, 2.75) is 70.7 Å². The third kappa shape index (κ3) is 8.27. The monoisotopic (exact) mass is 278 g/mol. The highest BCUT2D eigenvalue weighted by molar-refractivity contribution is 9.10. The van der Waals surface area contributed by atoms with Crippen molar-refractivity contribution in [3.63, 3.8) is 0 Å². The number of hydrogen-bond acceptors (Lipinski definition) is 1. The Hall–Kier alpha value is 0.440. The van der Waals surface area contributed by atoms with Crippen molar-refractivity contribution in [1.82, 2.24) is 0 Å². The van der Waals surface area contributed by atoms with Gasteiger partial charge in [0.1, 0.15) is 4.51 Å². The largest absolute Gasteiger partial charge is 0.364 e. The standard InChI is InChI=1S/C13H27BrO/c1-5-7-8-10-15-13(14,9-6-2)11-12(3)4/h12H,5-11H2,1-4H3. The van der Waals surface area contributed by atoms with Crippen LogP contribution in [-0.4, -0.2) is 11.1 Å². The summed E-state index contributed by atoms with van der Waals surface area (Å²) in [7, 11) is 0. The molecule has 0 saturated heterocycles. The maximum Gasteiger partial charge on any atom is 0.123 e. The van der Waals surface area contributed by atoms with Crippen LogP contribution in [0.25, 0.3) is 0 Å². The van der Waals surface area contributed by atoms with Gasteiger partial charge < -0.3 is 4.74 Å². The van der Waals surface area contributed by atoms with Crippen molar-refractivity contribution in [3.8, 4) is 0 Å². The number of halogens is 1. The SMILES string of the molecule is CCCCCOC(Br)(CCC)CC(C)C. The maximum absolute atomic E-state index is 6.00. The molecule has 0 aromatic heterocycles. The van der Waals surface area contributed by atoms with E-state index in [0.717, 1.165) is 19.4 Å². The fourth-order valence-corrected chi connectivity index (χ4v) is 3.03. The summed E-state index contributed by atoms with van der Waals surface area (Å²) in [6.45, 7) is 9.83. The van der Waals surface area contributed by atoms with Crippen molar-refractivity contribution in [3.05, 3.63) is 0 Å². The van der Waals surface area contributed by atoms with Gasteiger partial charge in [0.25, 0.3) is 0 Å². The predicted octanol–water partition coefficient (Wildman–Crippen LogP) is 5.13. The number of ether oxygens (including phenoxy) is 1. The van der Waals surface area contributed by atoms with E-state index in [4.69, 9.17) is 4.74 Å². The molecule has 0 heterocycles. The lowest BCUT2D eigenvalue weighted by atomic mass is 10.0. The van der Waals surface area contributed by atoms with E-state index in [9.17, 15) is 0 Å². The van der Waals surface area contributed by atoms with Gasteiger partial charge in [0.2, 0.25) is 0 Å². The van der Waals surface area contributed by atoms with Gasteiger partial charge in [-0.3, -0.25) is 0 Å². The lowest BCUT2D eigenvalue weighted by Gasteiger charge is -2.29. The second kappa shape index (κ2) is 8.58. The van der Waals surface area contributed by atoms with Gasteiger partial charge in [-0.2, -0.15) is 0 Å². The summed E-state index contributed by atoms with van der Waals surface area (Å²) in [4.78, 5) is 0. The van der Waals surface area contributed by atoms with Gasteiger partial charge in [0.15, 0.2) is 0 Å². The second-order valence-corrected chi connectivity index (χ2v) is 6.23. The molecule has 0 N–H and O–H groups in total. The molecule has 1 unspecified atom stereocenters. The summed E-state index contributed by atoms with van der Waals surface area (Å²) >= 11 is 3.78. The Labute approximate surface area is 104 Å². The second-order valence-electron chi connectivity index (χ2n) is 4.79. The first-order chi connectivity index (χ1) is 7.04. The average Bonchev–Trinajstić information content (AvgIpc) is 2.11. The van der Waals surface area contributed by atoms with Crippen LogP contribution in [-0.2, 0) is 4.74 Å². The molecule has 0 amide bonds. The molecule has 0 aliphatic rings. The maximum atomic E-state index is 6.00. The normalized spacial score (nSPS) is 15.6. The third-order valence-corrected chi connectivity index (χ3v) is 3.39. The highest BCUT2D eigenvalue weighted by atomic mass is 79.9. The molecule has 0 bridgehead atoms. The minimum atomic E-state index is -0.0658. The molecule has 0 aliphatic heterocycles. The first-order valence-corrected chi connectivity index (χ1v) is 7.16. The molecule has 92 valence electrons. The molecule has 1 nitrogen and oxygen atoms in total. The van der Waals surface area contributed by atoms with Gasteiger partial charge in [0.05, 0.1) is 0 Å². The summed E-state index contributed by atoms with van der Waals surface area (Å²) in [6, 6.07) is 0. The third-order valence-electron chi connectivity index (χ3n) is 2.45. The molecule has 0 fully saturated rings. The zero-order valence-electron chi connectivity index (χ0n) is 10.8. The summed E-state index contributed by atoms with van der Waals surface area (Å²) < 4.78 is 5.93. The minimum Gasteiger partial charge on any atom is -0.364 e. The predicted molar refractivity (Wildman–Crippen MR) is 71.5 cm³/mol. The van der Waals surface area contributed by atoms with Gasteiger partial charge in [-0.25, -0.2) is 0 Å². The number of alkyl halides is 1. The van der Waals surface area contributed by atoms with E-state index in [1.54, 1.807) is 0 Å². The topological polar surface area (TPSA) is 9.23 Å². The van der Waals surface area contributed by atoms with Crippen LogP contribution in [0.2, 0.25) is 0 Å². The van der Waals surface area contributed by atoms with Crippen LogP contribution in [0.3, 0.4) is 0 Å². The van der Waals surface area contributed by atoms with E-state index in [1.165, 1.54) is 25.7 Å². The van der Waals surface area contributed by atoms with E-state index in [2.05, 4.69) is 43.6 Å². The van der Waals surface area contributed by atoms with Gasteiger partial charge in [0, 0.05) is 6.61 Å². The van der Waals surface area contributed by atoms with Gasteiger partial charge in [-0.15, -0.1) is 0 Å². The summed E-state index contributed by atoms with van der Waals surface area (Å²) in [5, 5.41) is 0. The Morgan fingerprint density at radius 1 is 1.13 bits per heavy atom. The number of unbranched alkanes of at least 4 members (excludes halogenated alkanes) is 2. The van der Waals surface area contributed by atoms with Crippen LogP contribution in [0, 0.1) is 5.92 Å². The van der Waals surface area contributed by atoms with Gasteiger partial charge >= 0.3 is 0 Å². The lowest BCUT2D eigenvalue weighted by Crippen LogP contribution is -2.27. The molecule has 0 spiro atoms. The minimum absolute atomic E-state index is 0.0658. The first kappa shape index (κ1) is 15.4. The van der Waals surface area contributed by atoms with Crippen LogP contribution >= 0.6 is 15.9 Å². The van der Waals surface area contributed by atoms with Crippen molar-refractivity contribution in [2.24, 2.45) is 5.92 Å². The van der Waals surface area contributed by atoms with Crippen molar-refractivity contribution in [2.75, 3.05) is 6.61 Å². The van der Waals surface area contributed by atoms with Crippen LogP contribution < -0.4 is 0 Å². The molecule has 0 aromatic rings. The van der Waals surface area contributed by atoms with Crippen LogP contribution in [0.15, 0.2) is 0 Å². The summed E-state index contributed by atoms with van der Waals surface area (Å²) in [5.74, 6) is 0.683. The Morgan fingerprint density at radius 3 is 2.27 bits per heavy atom. The first-order valence-electron chi connectivity index (χ1n) is 6.37. The van der Waals surface area contributed by atoms with Gasteiger partial charge in [-0.1, -0.05) is 62.9 Å². The van der Waals surface area contributed by atoms with E-state index in [0.29, 0.717) is 5.92 Å². The van der Waals surface area contributed by atoms with E-state index >= 15 is 0 Å². The zero-order chi connectivity index (χ0) is 11.7. The highest BCUT2D eigenvalue weighted by Crippen LogP contribution is 2.33. The number of hydrogen-bond donors (Lipinski definition) is 0. The molecule has 0 rings (SSSR count). The van der Waals surface area contributed by atoms with Crippen molar-refractivity contribution < 1.29 is 4.74 Å². The van der Waals surface area contributed by atoms with E-state index in [1.807, 2.05) is 0 Å². The number of rotatable bonds is 9. The smallest absolute Gasteiger partial charge is 0.123 e. The van der Waals surface area contributed by atoms with Crippen molar-refractivity contribution >= 4 is 15.9 Å². The molecule has 2 heteroatoms. The van der Waals surface area contributed by atoms with Crippen molar-refractivity contribution in [1.29, 1.82) is 0 Å². The fraction of sp³-hybridized carbons (Fsp3) is 1.00. The Bertz CT molecular complexity index is 147. The molecule has 1 atom stereocenters. The van der Waals surface area contributed by atoms with Crippen LogP contribution in [0.4, 0.5) is 0 Å². The molecule has 0 radical (unpaired) electrons. The Morgan fingerprint density at radius 2 is 1.80 bits per heavy atom. The fourth-order valence-electron chi connectivity index (χ4n) is 1.82.